The van der Waals surface area contributed by atoms with Crippen molar-refractivity contribution in [2.24, 2.45) is 0 Å². The van der Waals surface area contributed by atoms with E-state index in [2.05, 4.69) is 22.5 Å². The zero-order valence-electron chi connectivity index (χ0n) is 11.6. The first-order chi connectivity index (χ1) is 9.74. The van der Waals surface area contributed by atoms with Gasteiger partial charge in [0.2, 0.25) is 5.16 Å². The standard InChI is InChI=1S/C13H18N4OS2/c1-18-11-5-3-4-10(8-11)9-20-13-16-15-12(17(13)14)6-7-19-2/h3-5,8H,6-7,9,14H2,1-2H3. The molecule has 0 aliphatic rings. The molecule has 0 saturated heterocycles. The topological polar surface area (TPSA) is 66.0 Å². The number of nitrogens with two attached hydrogens (primary N) is 1. The van der Waals surface area contributed by atoms with Crippen LogP contribution in [0.3, 0.4) is 0 Å². The van der Waals surface area contributed by atoms with Gasteiger partial charge in [-0.25, -0.2) is 4.68 Å². The minimum Gasteiger partial charge on any atom is -0.497 e. The van der Waals surface area contributed by atoms with Crippen molar-refractivity contribution >= 4 is 23.5 Å². The largest absolute Gasteiger partial charge is 0.497 e. The Balaban J connectivity index is 1.98. The van der Waals surface area contributed by atoms with Crippen LogP contribution in [0.4, 0.5) is 0 Å². The fourth-order valence-electron chi connectivity index (χ4n) is 1.68. The summed E-state index contributed by atoms with van der Waals surface area (Å²) in [6.07, 6.45) is 2.90. The summed E-state index contributed by atoms with van der Waals surface area (Å²) >= 11 is 3.35. The number of benzene rings is 1. The lowest BCUT2D eigenvalue weighted by Gasteiger charge is -2.05. The maximum atomic E-state index is 6.00. The van der Waals surface area contributed by atoms with E-state index in [1.54, 1.807) is 35.3 Å². The average molecular weight is 310 g/mol. The van der Waals surface area contributed by atoms with Gasteiger partial charge in [-0.3, -0.25) is 0 Å². The second kappa shape index (κ2) is 7.44. The molecule has 2 rings (SSSR count). The molecule has 0 fully saturated rings. The molecule has 20 heavy (non-hydrogen) atoms. The molecule has 0 aliphatic heterocycles. The number of hydrogen-bond acceptors (Lipinski definition) is 6. The van der Waals surface area contributed by atoms with Crippen LogP contribution in [0.5, 0.6) is 5.75 Å². The van der Waals surface area contributed by atoms with Crippen molar-refractivity contribution in [2.45, 2.75) is 17.3 Å². The molecule has 2 N–H and O–H groups in total. The van der Waals surface area contributed by atoms with Gasteiger partial charge in [0.1, 0.15) is 5.75 Å². The molecule has 1 aromatic carbocycles. The predicted octanol–water partition coefficient (Wildman–Crippen LogP) is 2.20. The van der Waals surface area contributed by atoms with Crippen LogP contribution in [0.15, 0.2) is 29.4 Å². The number of nitrogen functional groups attached to an aromatic ring is 1. The number of rotatable bonds is 7. The number of aromatic nitrogens is 3. The minimum absolute atomic E-state index is 0.740. The molecular weight excluding hydrogens is 292 g/mol. The fourth-order valence-corrected chi connectivity index (χ4v) is 2.88. The van der Waals surface area contributed by atoms with Crippen molar-refractivity contribution in [3.8, 4) is 5.75 Å². The van der Waals surface area contributed by atoms with Gasteiger partial charge in [0.15, 0.2) is 5.82 Å². The number of methoxy groups -OCH3 is 1. The number of hydrogen-bond donors (Lipinski definition) is 1. The average Bonchev–Trinajstić information content (AvgIpc) is 2.83. The third-order valence-corrected chi connectivity index (χ3v) is 4.39. The van der Waals surface area contributed by atoms with Gasteiger partial charge in [-0.2, -0.15) is 11.8 Å². The quantitative estimate of drug-likeness (QED) is 0.625. The Bertz CT molecular complexity index is 559. The molecule has 1 heterocycles. The van der Waals surface area contributed by atoms with Crippen LogP contribution in [0.2, 0.25) is 0 Å². The molecule has 2 aromatic rings. The molecular formula is C13H18N4OS2. The minimum atomic E-state index is 0.740. The lowest BCUT2D eigenvalue weighted by molar-refractivity contribution is 0.414. The molecule has 0 bridgehead atoms. The summed E-state index contributed by atoms with van der Waals surface area (Å²) < 4.78 is 6.79. The fraction of sp³-hybridized carbons (Fsp3) is 0.385. The van der Waals surface area contributed by atoms with E-state index in [1.807, 2.05) is 18.2 Å². The van der Waals surface area contributed by atoms with E-state index < -0.39 is 0 Å². The summed E-state index contributed by atoms with van der Waals surface area (Å²) in [6, 6.07) is 7.98. The Hall–Kier alpha value is -1.34. The number of aryl methyl sites for hydroxylation is 1. The lowest BCUT2D eigenvalue weighted by atomic mass is 10.2. The van der Waals surface area contributed by atoms with Crippen molar-refractivity contribution in [2.75, 3.05) is 25.0 Å². The molecule has 0 radical (unpaired) electrons. The second-order valence-electron chi connectivity index (χ2n) is 4.15. The summed E-state index contributed by atoms with van der Waals surface area (Å²) in [5.41, 5.74) is 1.17. The van der Waals surface area contributed by atoms with Crippen LogP contribution in [0.25, 0.3) is 0 Å². The first-order valence-electron chi connectivity index (χ1n) is 6.18. The van der Waals surface area contributed by atoms with Crippen LogP contribution in [0, 0.1) is 0 Å². The van der Waals surface area contributed by atoms with Crippen molar-refractivity contribution in [3.63, 3.8) is 0 Å². The molecule has 7 heteroatoms. The van der Waals surface area contributed by atoms with Crippen LogP contribution < -0.4 is 10.6 Å². The van der Waals surface area contributed by atoms with E-state index in [0.717, 1.165) is 34.7 Å². The van der Waals surface area contributed by atoms with Gasteiger partial charge in [0.25, 0.3) is 0 Å². The van der Waals surface area contributed by atoms with E-state index in [4.69, 9.17) is 10.6 Å². The zero-order chi connectivity index (χ0) is 14.4. The van der Waals surface area contributed by atoms with Crippen molar-refractivity contribution in [3.05, 3.63) is 35.7 Å². The van der Waals surface area contributed by atoms with E-state index in [-0.39, 0.29) is 0 Å². The molecule has 0 atom stereocenters. The van der Waals surface area contributed by atoms with Crippen molar-refractivity contribution in [1.82, 2.24) is 14.9 Å². The van der Waals surface area contributed by atoms with E-state index in [1.165, 1.54) is 5.56 Å². The van der Waals surface area contributed by atoms with E-state index in [0.29, 0.717) is 0 Å². The van der Waals surface area contributed by atoms with Gasteiger partial charge in [0, 0.05) is 17.9 Å². The van der Waals surface area contributed by atoms with Crippen molar-refractivity contribution in [1.29, 1.82) is 0 Å². The predicted molar refractivity (Wildman–Crippen MR) is 84.8 cm³/mol. The van der Waals surface area contributed by atoms with Crippen LogP contribution in [-0.2, 0) is 12.2 Å². The smallest absolute Gasteiger partial charge is 0.210 e. The number of nitrogens with zero attached hydrogens (tertiary/aromatic N) is 3. The highest BCUT2D eigenvalue weighted by atomic mass is 32.2. The Morgan fingerprint density at radius 2 is 2.20 bits per heavy atom. The molecule has 0 amide bonds. The Kier molecular flexibility index (Phi) is 5.60. The van der Waals surface area contributed by atoms with Crippen LogP contribution >= 0.6 is 23.5 Å². The van der Waals surface area contributed by atoms with Gasteiger partial charge >= 0.3 is 0 Å². The number of thioether (sulfide) groups is 2. The Morgan fingerprint density at radius 3 is 2.95 bits per heavy atom. The maximum Gasteiger partial charge on any atom is 0.210 e. The summed E-state index contributed by atoms with van der Waals surface area (Å²) in [6.45, 7) is 0. The first-order valence-corrected chi connectivity index (χ1v) is 8.56. The van der Waals surface area contributed by atoms with Crippen LogP contribution in [0.1, 0.15) is 11.4 Å². The zero-order valence-corrected chi connectivity index (χ0v) is 13.2. The summed E-state index contributed by atoms with van der Waals surface area (Å²) in [5, 5.41) is 9.00. The SMILES string of the molecule is COc1cccc(CSc2nnc(CCSC)n2N)c1. The molecule has 0 saturated carbocycles. The van der Waals surface area contributed by atoms with Gasteiger partial charge in [-0.1, -0.05) is 23.9 Å². The summed E-state index contributed by atoms with van der Waals surface area (Å²) in [7, 11) is 1.67. The van der Waals surface area contributed by atoms with E-state index >= 15 is 0 Å². The monoisotopic (exact) mass is 310 g/mol. The summed E-state index contributed by atoms with van der Waals surface area (Å²) in [4.78, 5) is 0. The van der Waals surface area contributed by atoms with E-state index in [9.17, 15) is 0 Å². The van der Waals surface area contributed by atoms with Gasteiger partial charge in [-0.05, 0) is 24.0 Å². The highest BCUT2D eigenvalue weighted by molar-refractivity contribution is 7.98. The molecule has 1 aromatic heterocycles. The lowest BCUT2D eigenvalue weighted by Crippen LogP contribution is -2.14. The first kappa shape index (κ1) is 15.1. The normalized spacial score (nSPS) is 10.7. The molecule has 5 nitrogen and oxygen atoms in total. The third kappa shape index (κ3) is 3.83. The summed E-state index contributed by atoms with van der Waals surface area (Å²) in [5.74, 6) is 9.47. The van der Waals surface area contributed by atoms with Gasteiger partial charge in [-0.15, -0.1) is 10.2 Å². The number of ether oxygens (including phenoxy) is 1. The van der Waals surface area contributed by atoms with Gasteiger partial charge < -0.3 is 10.6 Å². The molecule has 108 valence electrons. The second-order valence-corrected chi connectivity index (χ2v) is 6.08. The van der Waals surface area contributed by atoms with Crippen molar-refractivity contribution < 1.29 is 4.74 Å². The van der Waals surface area contributed by atoms with Crippen LogP contribution in [-0.4, -0.2) is 34.0 Å². The molecule has 0 spiro atoms. The highest BCUT2D eigenvalue weighted by Gasteiger charge is 2.10. The van der Waals surface area contributed by atoms with Gasteiger partial charge in [0.05, 0.1) is 7.11 Å². The highest BCUT2D eigenvalue weighted by Crippen LogP contribution is 2.23. The third-order valence-electron chi connectivity index (χ3n) is 2.77. The Morgan fingerprint density at radius 1 is 1.35 bits per heavy atom. The maximum absolute atomic E-state index is 6.00. The Labute approximate surface area is 127 Å². The molecule has 0 aliphatic carbocycles. The molecule has 0 unspecified atom stereocenters.